The number of amides is 1. The van der Waals surface area contributed by atoms with Crippen LogP contribution in [-0.2, 0) is 11.3 Å². The van der Waals surface area contributed by atoms with Gasteiger partial charge in [0, 0.05) is 34.7 Å². The van der Waals surface area contributed by atoms with Gasteiger partial charge >= 0.3 is 6.18 Å². The molecule has 0 aliphatic carbocycles. The van der Waals surface area contributed by atoms with Crippen LogP contribution in [-0.4, -0.2) is 24.5 Å². The number of carbonyl (C=O) groups excluding carboxylic acids is 2. The minimum atomic E-state index is -4.41. The lowest BCUT2D eigenvalue weighted by Gasteiger charge is -2.10. The summed E-state index contributed by atoms with van der Waals surface area (Å²) in [6.45, 7) is 2.58. The van der Waals surface area contributed by atoms with Gasteiger partial charge in [-0.25, -0.2) is 0 Å². The highest BCUT2D eigenvalue weighted by molar-refractivity contribution is 7.12. The zero-order valence-electron chi connectivity index (χ0n) is 15.0. The lowest BCUT2D eigenvalue weighted by molar-refractivity contribution is -0.153. The van der Waals surface area contributed by atoms with E-state index in [2.05, 4.69) is 10.1 Å². The van der Waals surface area contributed by atoms with Crippen molar-refractivity contribution in [3.63, 3.8) is 0 Å². The molecule has 146 valence electrons. The first-order valence-electron chi connectivity index (χ1n) is 8.29. The Morgan fingerprint density at radius 1 is 1.15 bits per heavy atom. The average Bonchev–Trinajstić information content (AvgIpc) is 2.94. The number of alkyl halides is 3. The fraction of sp³-hybridized carbons (Fsp3) is 0.368. The van der Waals surface area contributed by atoms with Gasteiger partial charge < -0.3 is 10.1 Å². The van der Waals surface area contributed by atoms with E-state index >= 15 is 0 Å². The monoisotopic (exact) mass is 399 g/mol. The maximum absolute atomic E-state index is 12.2. The summed E-state index contributed by atoms with van der Waals surface area (Å²) >= 11 is 1.54. The summed E-state index contributed by atoms with van der Waals surface area (Å²) in [5, 5.41) is 2.66. The van der Waals surface area contributed by atoms with Gasteiger partial charge in [-0.2, -0.15) is 13.2 Å². The lowest BCUT2D eigenvalue weighted by Crippen LogP contribution is -2.23. The quantitative estimate of drug-likeness (QED) is 0.661. The van der Waals surface area contributed by atoms with Crippen molar-refractivity contribution in [2.75, 3.05) is 6.61 Å². The molecule has 2 rings (SSSR count). The van der Waals surface area contributed by atoms with Crippen molar-refractivity contribution in [1.29, 1.82) is 0 Å². The first-order valence-corrected chi connectivity index (χ1v) is 9.11. The van der Waals surface area contributed by atoms with Gasteiger partial charge in [0.1, 0.15) is 5.75 Å². The highest BCUT2D eigenvalue weighted by Gasteiger charge is 2.28. The number of ketones is 1. The minimum Gasteiger partial charge on any atom is -0.484 e. The number of thiophene rings is 1. The van der Waals surface area contributed by atoms with Gasteiger partial charge in [0.05, 0.1) is 0 Å². The maximum Gasteiger partial charge on any atom is 0.422 e. The van der Waals surface area contributed by atoms with Crippen molar-refractivity contribution >= 4 is 23.0 Å². The molecule has 0 bridgehead atoms. The summed E-state index contributed by atoms with van der Waals surface area (Å²) in [7, 11) is 0. The molecule has 0 saturated carbocycles. The molecule has 1 aromatic heterocycles. The molecule has 8 heteroatoms. The van der Waals surface area contributed by atoms with Crippen molar-refractivity contribution < 1.29 is 27.5 Å². The van der Waals surface area contributed by atoms with Gasteiger partial charge in [0.2, 0.25) is 5.91 Å². The topological polar surface area (TPSA) is 55.4 Å². The van der Waals surface area contributed by atoms with Gasteiger partial charge in [-0.3, -0.25) is 9.59 Å². The summed E-state index contributed by atoms with van der Waals surface area (Å²) in [5.41, 5.74) is 1.26. The van der Waals surface area contributed by atoms with Crippen LogP contribution in [0.25, 0.3) is 0 Å². The summed E-state index contributed by atoms with van der Waals surface area (Å²) in [6, 6.07) is 7.91. The van der Waals surface area contributed by atoms with Crippen LogP contribution in [0.3, 0.4) is 0 Å². The molecule has 0 aliphatic heterocycles. The number of rotatable bonds is 8. The number of Topliss-reactive ketones (excluding diaryl/α,β-unsaturated/α-hetero) is 1. The number of hydrogen-bond acceptors (Lipinski definition) is 4. The van der Waals surface area contributed by atoms with Crippen LogP contribution in [0.5, 0.6) is 5.75 Å². The second-order valence-corrected chi connectivity index (χ2v) is 7.54. The van der Waals surface area contributed by atoms with Crippen LogP contribution in [0.15, 0.2) is 30.3 Å². The van der Waals surface area contributed by atoms with Crippen LogP contribution < -0.4 is 10.1 Å². The van der Waals surface area contributed by atoms with Crippen LogP contribution in [0, 0.1) is 13.8 Å². The van der Waals surface area contributed by atoms with Crippen LogP contribution in [0.4, 0.5) is 13.2 Å². The van der Waals surface area contributed by atoms with Gasteiger partial charge in [-0.15, -0.1) is 11.3 Å². The minimum absolute atomic E-state index is 0.0530. The normalized spacial score (nSPS) is 11.3. The highest BCUT2D eigenvalue weighted by Crippen LogP contribution is 2.22. The molecular formula is C19H20F3NO3S. The Kier molecular flexibility index (Phi) is 7.01. The van der Waals surface area contributed by atoms with Crippen molar-refractivity contribution in [1.82, 2.24) is 5.32 Å². The number of halogens is 3. The molecule has 0 radical (unpaired) electrons. The zero-order chi connectivity index (χ0) is 20.0. The summed E-state index contributed by atoms with van der Waals surface area (Å²) in [5.74, 6) is -0.290. The molecule has 1 amide bonds. The average molecular weight is 399 g/mol. The molecule has 1 aromatic carbocycles. The molecule has 0 unspecified atom stereocenters. The van der Waals surface area contributed by atoms with Crippen LogP contribution in [0.2, 0.25) is 0 Å². The van der Waals surface area contributed by atoms with E-state index in [4.69, 9.17) is 0 Å². The highest BCUT2D eigenvalue weighted by atomic mass is 32.1. The third-order valence-corrected chi connectivity index (χ3v) is 4.68. The standard InChI is InChI=1S/C19H20F3NO3S/c1-12-8-16(13(2)27-12)17(24)6-7-18(25)23-10-14-4-3-5-15(9-14)26-11-19(20,21)22/h3-5,8-9H,6-7,10-11H2,1-2H3,(H,23,25). The molecule has 0 saturated heterocycles. The molecular weight excluding hydrogens is 379 g/mol. The van der Waals surface area contributed by atoms with E-state index < -0.39 is 12.8 Å². The summed E-state index contributed by atoms with van der Waals surface area (Å²) in [4.78, 5) is 26.1. The molecule has 0 fully saturated rings. The number of hydrogen-bond donors (Lipinski definition) is 1. The fourth-order valence-electron chi connectivity index (χ4n) is 2.47. The first-order chi connectivity index (χ1) is 12.6. The number of ether oxygens (including phenoxy) is 1. The van der Waals surface area contributed by atoms with E-state index in [0.717, 1.165) is 9.75 Å². The number of nitrogens with one attached hydrogen (secondary N) is 1. The number of aryl methyl sites for hydroxylation is 2. The Labute approximate surface area is 159 Å². The smallest absolute Gasteiger partial charge is 0.422 e. The second kappa shape index (κ2) is 9.03. The molecule has 0 aliphatic rings. The molecule has 4 nitrogen and oxygen atoms in total. The Balaban J connectivity index is 1.80. The number of carbonyl (C=O) groups is 2. The number of benzene rings is 1. The Hall–Kier alpha value is -2.35. The maximum atomic E-state index is 12.2. The second-order valence-electron chi connectivity index (χ2n) is 6.08. The molecule has 0 atom stereocenters. The Morgan fingerprint density at radius 3 is 2.52 bits per heavy atom. The summed E-state index contributed by atoms with van der Waals surface area (Å²) in [6.07, 6.45) is -4.24. The van der Waals surface area contributed by atoms with Crippen molar-refractivity contribution in [3.05, 3.63) is 51.2 Å². The van der Waals surface area contributed by atoms with E-state index in [1.165, 1.54) is 12.1 Å². The van der Waals surface area contributed by atoms with Gasteiger partial charge in [0.15, 0.2) is 12.4 Å². The first kappa shape index (κ1) is 21.0. The van der Waals surface area contributed by atoms with Crippen molar-refractivity contribution in [2.24, 2.45) is 0 Å². The van der Waals surface area contributed by atoms with E-state index in [1.807, 2.05) is 19.9 Å². The van der Waals surface area contributed by atoms with Crippen LogP contribution >= 0.6 is 11.3 Å². The van der Waals surface area contributed by atoms with Crippen molar-refractivity contribution in [2.45, 2.75) is 39.4 Å². The van der Waals surface area contributed by atoms with E-state index in [0.29, 0.717) is 11.1 Å². The van der Waals surface area contributed by atoms with E-state index in [-0.39, 0.29) is 36.8 Å². The molecule has 27 heavy (non-hydrogen) atoms. The largest absolute Gasteiger partial charge is 0.484 e. The Morgan fingerprint density at radius 2 is 1.89 bits per heavy atom. The molecule has 1 N–H and O–H groups in total. The lowest BCUT2D eigenvalue weighted by atomic mass is 10.1. The zero-order valence-corrected chi connectivity index (χ0v) is 15.8. The van der Waals surface area contributed by atoms with Gasteiger partial charge in [-0.05, 0) is 37.6 Å². The van der Waals surface area contributed by atoms with E-state index in [1.54, 1.807) is 23.5 Å². The molecule has 0 spiro atoms. The predicted octanol–water partition coefficient (Wildman–Crippen LogP) is 4.59. The Bertz CT molecular complexity index is 815. The van der Waals surface area contributed by atoms with E-state index in [9.17, 15) is 22.8 Å². The molecule has 2 aromatic rings. The molecule has 1 heterocycles. The third kappa shape index (κ3) is 7.05. The third-order valence-electron chi connectivity index (χ3n) is 3.71. The van der Waals surface area contributed by atoms with Gasteiger partial charge in [-0.1, -0.05) is 12.1 Å². The van der Waals surface area contributed by atoms with Crippen LogP contribution in [0.1, 0.15) is 38.5 Å². The predicted molar refractivity (Wildman–Crippen MR) is 97.2 cm³/mol. The van der Waals surface area contributed by atoms with Gasteiger partial charge in [0.25, 0.3) is 0 Å². The van der Waals surface area contributed by atoms with Crippen molar-refractivity contribution in [3.8, 4) is 5.75 Å². The SMILES string of the molecule is Cc1cc(C(=O)CCC(=O)NCc2cccc(OCC(F)(F)F)c2)c(C)s1. The fourth-order valence-corrected chi connectivity index (χ4v) is 3.41. The summed E-state index contributed by atoms with van der Waals surface area (Å²) < 4.78 is 41.2.